The van der Waals surface area contributed by atoms with Crippen LogP contribution in [-0.2, 0) is 22.7 Å². The monoisotopic (exact) mass is 201 g/mol. The third-order valence-corrected chi connectivity index (χ3v) is 3.96. The molecule has 0 saturated heterocycles. The van der Waals surface area contributed by atoms with E-state index in [-0.39, 0.29) is 11.5 Å². The number of sulfone groups is 1. The summed E-state index contributed by atoms with van der Waals surface area (Å²) in [6.45, 7) is 0. The summed E-state index contributed by atoms with van der Waals surface area (Å²) in [6, 6.07) is 0. The van der Waals surface area contributed by atoms with Gasteiger partial charge in [-0.25, -0.2) is 8.42 Å². The Morgan fingerprint density at radius 1 is 1.31 bits per heavy atom. The molecule has 13 heavy (non-hydrogen) atoms. The SMILES string of the molecule is Nc1n[nH]c2c1CCS(=O)(=O)CC2. The fourth-order valence-corrected chi connectivity index (χ4v) is 2.75. The van der Waals surface area contributed by atoms with Crippen LogP contribution >= 0.6 is 0 Å². The van der Waals surface area contributed by atoms with Crippen LogP contribution < -0.4 is 5.73 Å². The van der Waals surface area contributed by atoms with E-state index in [1.54, 1.807) is 0 Å². The Bertz CT molecular complexity index is 421. The molecule has 72 valence electrons. The van der Waals surface area contributed by atoms with Gasteiger partial charge in [0.2, 0.25) is 0 Å². The van der Waals surface area contributed by atoms with Crippen LogP contribution in [0.2, 0.25) is 0 Å². The topological polar surface area (TPSA) is 88.8 Å². The molecule has 0 atom stereocenters. The number of hydrogen-bond acceptors (Lipinski definition) is 4. The fraction of sp³-hybridized carbons (Fsp3) is 0.571. The number of anilines is 1. The zero-order chi connectivity index (χ0) is 9.47. The second-order valence-corrected chi connectivity index (χ2v) is 5.52. The molecule has 0 amide bonds. The lowest BCUT2D eigenvalue weighted by atomic mass is 10.1. The zero-order valence-corrected chi connectivity index (χ0v) is 7.89. The largest absolute Gasteiger partial charge is 0.382 e. The van der Waals surface area contributed by atoms with E-state index < -0.39 is 9.84 Å². The first-order valence-electron chi connectivity index (χ1n) is 4.10. The highest BCUT2D eigenvalue weighted by Crippen LogP contribution is 2.19. The molecule has 3 N–H and O–H groups in total. The molecule has 0 saturated carbocycles. The molecule has 0 radical (unpaired) electrons. The number of aromatic amines is 1. The number of hydrogen-bond donors (Lipinski definition) is 2. The van der Waals surface area contributed by atoms with E-state index in [0.29, 0.717) is 18.7 Å². The van der Waals surface area contributed by atoms with Crippen LogP contribution in [0.1, 0.15) is 11.3 Å². The molecular formula is C7H11N3O2S. The van der Waals surface area contributed by atoms with Crippen LogP contribution in [0.25, 0.3) is 0 Å². The van der Waals surface area contributed by atoms with Gasteiger partial charge in [0, 0.05) is 17.7 Å². The van der Waals surface area contributed by atoms with Crippen molar-refractivity contribution in [2.24, 2.45) is 0 Å². The quantitative estimate of drug-likeness (QED) is 0.592. The molecule has 1 aliphatic heterocycles. The first-order valence-corrected chi connectivity index (χ1v) is 5.93. The number of nitrogens with two attached hydrogens (primary N) is 1. The van der Waals surface area contributed by atoms with Crippen molar-refractivity contribution in [1.82, 2.24) is 10.2 Å². The maximum absolute atomic E-state index is 11.3. The van der Waals surface area contributed by atoms with Gasteiger partial charge in [-0.05, 0) is 6.42 Å². The highest BCUT2D eigenvalue weighted by atomic mass is 32.2. The van der Waals surface area contributed by atoms with E-state index in [9.17, 15) is 8.42 Å². The first kappa shape index (κ1) is 8.55. The minimum absolute atomic E-state index is 0.184. The Morgan fingerprint density at radius 2 is 2.00 bits per heavy atom. The fourth-order valence-electron chi connectivity index (χ4n) is 1.52. The molecule has 5 nitrogen and oxygen atoms in total. The van der Waals surface area contributed by atoms with E-state index in [0.717, 1.165) is 11.3 Å². The lowest BCUT2D eigenvalue weighted by Gasteiger charge is -1.95. The lowest BCUT2D eigenvalue weighted by molar-refractivity contribution is 0.596. The number of H-pyrrole nitrogens is 1. The Labute approximate surface area is 76.2 Å². The number of aromatic nitrogens is 2. The Kier molecular flexibility index (Phi) is 1.80. The van der Waals surface area contributed by atoms with Gasteiger partial charge in [-0.3, -0.25) is 5.10 Å². The summed E-state index contributed by atoms with van der Waals surface area (Å²) in [6.07, 6.45) is 0.988. The van der Waals surface area contributed by atoms with Gasteiger partial charge in [-0.1, -0.05) is 0 Å². The number of fused-ring (bicyclic) bond motifs is 1. The Hall–Kier alpha value is -1.04. The average Bonchev–Trinajstić information content (AvgIpc) is 2.32. The highest BCUT2D eigenvalue weighted by molar-refractivity contribution is 7.91. The Balaban J connectivity index is 2.38. The van der Waals surface area contributed by atoms with Crippen molar-refractivity contribution in [3.8, 4) is 0 Å². The van der Waals surface area contributed by atoms with Gasteiger partial charge < -0.3 is 5.73 Å². The first-order chi connectivity index (χ1) is 6.08. The van der Waals surface area contributed by atoms with Crippen molar-refractivity contribution < 1.29 is 8.42 Å². The molecule has 0 unspecified atom stereocenters. The van der Waals surface area contributed by atoms with Gasteiger partial charge in [0.15, 0.2) is 9.84 Å². The van der Waals surface area contributed by atoms with Gasteiger partial charge in [-0.15, -0.1) is 0 Å². The molecule has 1 aromatic heterocycles. The van der Waals surface area contributed by atoms with Gasteiger partial charge in [-0.2, -0.15) is 5.10 Å². The van der Waals surface area contributed by atoms with Crippen molar-refractivity contribution in [1.29, 1.82) is 0 Å². The lowest BCUT2D eigenvalue weighted by Crippen LogP contribution is -2.11. The van der Waals surface area contributed by atoms with E-state index in [4.69, 9.17) is 5.73 Å². The smallest absolute Gasteiger partial charge is 0.151 e. The summed E-state index contributed by atoms with van der Waals surface area (Å²) in [5.74, 6) is 0.817. The van der Waals surface area contributed by atoms with Crippen LogP contribution in [0, 0.1) is 0 Å². The molecule has 6 heteroatoms. The summed E-state index contributed by atoms with van der Waals surface area (Å²) in [7, 11) is -2.88. The van der Waals surface area contributed by atoms with Gasteiger partial charge >= 0.3 is 0 Å². The van der Waals surface area contributed by atoms with Crippen molar-refractivity contribution in [2.75, 3.05) is 17.2 Å². The molecular weight excluding hydrogens is 190 g/mol. The highest BCUT2D eigenvalue weighted by Gasteiger charge is 2.21. The van der Waals surface area contributed by atoms with Crippen LogP contribution in [0.15, 0.2) is 0 Å². The standard InChI is InChI=1S/C7H11N3O2S/c8-7-5-1-3-13(11,12)4-2-6(5)9-10-7/h1-4H2,(H3,8,9,10). The third-order valence-electron chi connectivity index (χ3n) is 2.31. The number of nitrogen functional groups attached to an aromatic ring is 1. The molecule has 2 rings (SSSR count). The zero-order valence-electron chi connectivity index (χ0n) is 7.08. The van der Waals surface area contributed by atoms with E-state index in [1.165, 1.54) is 0 Å². The van der Waals surface area contributed by atoms with E-state index in [1.807, 2.05) is 0 Å². The maximum Gasteiger partial charge on any atom is 0.151 e. The summed E-state index contributed by atoms with van der Waals surface area (Å²) in [5, 5.41) is 6.61. The van der Waals surface area contributed by atoms with Crippen LogP contribution in [0.5, 0.6) is 0 Å². The molecule has 0 bridgehead atoms. The summed E-state index contributed by atoms with van der Waals surface area (Å²) >= 11 is 0. The van der Waals surface area contributed by atoms with Gasteiger partial charge in [0.1, 0.15) is 5.82 Å². The van der Waals surface area contributed by atoms with Crippen LogP contribution in [0.3, 0.4) is 0 Å². The van der Waals surface area contributed by atoms with Gasteiger partial charge in [0.05, 0.1) is 11.5 Å². The number of aryl methyl sites for hydroxylation is 1. The second-order valence-electron chi connectivity index (χ2n) is 3.22. The number of nitrogens with one attached hydrogen (secondary N) is 1. The minimum Gasteiger partial charge on any atom is -0.382 e. The van der Waals surface area contributed by atoms with Crippen molar-refractivity contribution >= 4 is 15.7 Å². The third kappa shape index (κ3) is 1.53. The predicted octanol–water partition coefficient (Wildman–Crippen LogP) is -0.495. The van der Waals surface area contributed by atoms with Crippen LogP contribution in [-0.4, -0.2) is 30.1 Å². The normalized spacial score (nSPS) is 20.6. The molecule has 0 spiro atoms. The average molecular weight is 201 g/mol. The predicted molar refractivity (Wildman–Crippen MR) is 49.1 cm³/mol. The van der Waals surface area contributed by atoms with Gasteiger partial charge in [0.25, 0.3) is 0 Å². The molecule has 0 aromatic carbocycles. The minimum atomic E-state index is -2.88. The van der Waals surface area contributed by atoms with Crippen molar-refractivity contribution in [3.05, 3.63) is 11.3 Å². The molecule has 0 aliphatic carbocycles. The van der Waals surface area contributed by atoms with E-state index >= 15 is 0 Å². The van der Waals surface area contributed by atoms with Crippen molar-refractivity contribution in [3.63, 3.8) is 0 Å². The molecule has 1 aromatic rings. The Morgan fingerprint density at radius 3 is 2.77 bits per heavy atom. The number of nitrogens with zero attached hydrogens (tertiary/aromatic N) is 1. The summed E-state index contributed by atoms with van der Waals surface area (Å²) in [4.78, 5) is 0. The molecule has 1 aliphatic rings. The summed E-state index contributed by atoms with van der Waals surface area (Å²) in [5.41, 5.74) is 7.33. The molecule has 2 heterocycles. The molecule has 0 fully saturated rings. The van der Waals surface area contributed by atoms with Crippen molar-refractivity contribution in [2.45, 2.75) is 12.8 Å². The van der Waals surface area contributed by atoms with Crippen LogP contribution in [0.4, 0.5) is 5.82 Å². The second kappa shape index (κ2) is 2.73. The van der Waals surface area contributed by atoms with E-state index in [2.05, 4.69) is 10.2 Å². The number of rotatable bonds is 0. The summed E-state index contributed by atoms with van der Waals surface area (Å²) < 4.78 is 22.5. The maximum atomic E-state index is 11.3.